The van der Waals surface area contributed by atoms with Crippen LogP contribution in [-0.4, -0.2) is 35.8 Å². The Balaban J connectivity index is 4.71. The maximum atomic E-state index is 11.2. The van der Waals surface area contributed by atoms with Gasteiger partial charge in [0.1, 0.15) is 5.25 Å². The van der Waals surface area contributed by atoms with Crippen molar-refractivity contribution in [2.45, 2.75) is 24.6 Å². The van der Waals surface area contributed by atoms with E-state index in [1.54, 1.807) is 0 Å². The Morgan fingerprint density at radius 3 is 2.31 bits per heavy atom. The van der Waals surface area contributed by atoms with Gasteiger partial charge in [0.05, 0.1) is 6.04 Å². The fourth-order valence-electron chi connectivity index (χ4n) is 0.887. The highest BCUT2D eigenvalue weighted by atomic mass is 32.2. The summed E-state index contributed by atoms with van der Waals surface area (Å²) in [4.78, 5) is 11.2. The van der Waals surface area contributed by atoms with Gasteiger partial charge in [-0.2, -0.15) is 21.0 Å². The summed E-state index contributed by atoms with van der Waals surface area (Å²) in [6.45, 7) is 1.49. The summed E-state index contributed by atoms with van der Waals surface area (Å²) in [6.07, 6.45) is 0.0130. The molecular formula is C6H13NO4S2. The molecule has 0 aromatic carbocycles. The lowest BCUT2D eigenvalue weighted by atomic mass is 10.1. The second-order valence-corrected chi connectivity index (χ2v) is 4.57. The van der Waals surface area contributed by atoms with E-state index in [1.165, 1.54) is 6.92 Å². The molecule has 7 heteroatoms. The minimum Gasteiger partial charge on any atom is -0.321 e. The highest BCUT2D eigenvalue weighted by molar-refractivity contribution is 7.87. The fraction of sp³-hybridized carbons (Fsp3) is 0.833. The lowest BCUT2D eigenvalue weighted by molar-refractivity contribution is -0.119. The number of carbonyl (C=O) groups excluding carboxylic acids is 1. The lowest BCUT2D eigenvalue weighted by Crippen LogP contribution is -2.43. The Kier molecular flexibility index (Phi) is 4.90. The molecule has 0 aliphatic heterocycles. The summed E-state index contributed by atoms with van der Waals surface area (Å²) in [6, 6.07) is -0.949. The molecule has 0 spiro atoms. The molecule has 0 aromatic rings. The maximum absolute atomic E-state index is 11.2. The van der Waals surface area contributed by atoms with E-state index in [-0.39, 0.29) is 12.2 Å². The van der Waals surface area contributed by atoms with Gasteiger partial charge in [-0.1, -0.05) is 6.92 Å². The smallest absolute Gasteiger partial charge is 0.275 e. The predicted octanol–water partition coefficient (Wildman–Crippen LogP) is -0.521. The summed E-state index contributed by atoms with van der Waals surface area (Å²) >= 11 is 3.76. The van der Waals surface area contributed by atoms with Gasteiger partial charge in [-0.15, -0.1) is 0 Å². The van der Waals surface area contributed by atoms with E-state index in [0.717, 1.165) is 0 Å². The Bertz CT molecular complexity index is 274. The largest absolute Gasteiger partial charge is 0.321 e. The monoisotopic (exact) mass is 227 g/mol. The third-order valence-electron chi connectivity index (χ3n) is 1.61. The number of thiol groups is 1. The van der Waals surface area contributed by atoms with Gasteiger partial charge >= 0.3 is 0 Å². The molecule has 0 rings (SSSR count). The van der Waals surface area contributed by atoms with Crippen LogP contribution in [0.1, 0.15) is 13.3 Å². The Morgan fingerprint density at radius 1 is 1.62 bits per heavy atom. The second-order valence-electron chi connectivity index (χ2n) is 2.60. The number of nitrogens with two attached hydrogens (primary N) is 1. The minimum absolute atomic E-state index is 0.0130. The summed E-state index contributed by atoms with van der Waals surface area (Å²) < 4.78 is 30.0. The highest BCUT2D eigenvalue weighted by Gasteiger charge is 2.31. The van der Waals surface area contributed by atoms with Crippen LogP contribution in [0, 0.1) is 0 Å². The molecule has 78 valence electrons. The van der Waals surface area contributed by atoms with Crippen molar-refractivity contribution in [2.24, 2.45) is 5.73 Å². The van der Waals surface area contributed by atoms with Crippen molar-refractivity contribution in [1.82, 2.24) is 0 Å². The van der Waals surface area contributed by atoms with Crippen LogP contribution in [0.3, 0.4) is 0 Å². The molecule has 0 aromatic heterocycles. The minimum atomic E-state index is -4.33. The van der Waals surface area contributed by atoms with Crippen molar-refractivity contribution in [3.63, 3.8) is 0 Å². The van der Waals surface area contributed by atoms with Crippen LogP contribution in [0.15, 0.2) is 0 Å². The normalized spacial score (nSPS) is 16.6. The number of ketones is 1. The fourth-order valence-corrected chi connectivity index (χ4v) is 1.96. The van der Waals surface area contributed by atoms with Crippen LogP contribution >= 0.6 is 12.6 Å². The Hall–Kier alpha value is -0.110. The van der Waals surface area contributed by atoms with Crippen LogP contribution in [-0.2, 0) is 14.9 Å². The van der Waals surface area contributed by atoms with E-state index in [0.29, 0.717) is 0 Å². The van der Waals surface area contributed by atoms with Gasteiger partial charge in [-0.05, 0) is 6.42 Å². The molecule has 0 saturated carbocycles. The molecule has 0 bridgehead atoms. The van der Waals surface area contributed by atoms with Gasteiger partial charge in [-0.25, -0.2) is 0 Å². The molecule has 2 atom stereocenters. The van der Waals surface area contributed by atoms with E-state index < -0.39 is 27.2 Å². The topological polar surface area (TPSA) is 97.5 Å². The van der Waals surface area contributed by atoms with Gasteiger partial charge in [-0.3, -0.25) is 9.35 Å². The molecule has 0 heterocycles. The van der Waals surface area contributed by atoms with Crippen molar-refractivity contribution in [3.8, 4) is 0 Å². The van der Waals surface area contributed by atoms with Crippen LogP contribution < -0.4 is 5.73 Å². The SMILES string of the molecule is CCC(C(=O)C(N)CS)S(=O)(=O)O. The van der Waals surface area contributed by atoms with Gasteiger partial charge in [0.2, 0.25) is 0 Å². The third kappa shape index (κ3) is 3.63. The highest BCUT2D eigenvalue weighted by Crippen LogP contribution is 2.07. The molecule has 0 amide bonds. The van der Waals surface area contributed by atoms with Crippen LogP contribution in [0.4, 0.5) is 0 Å². The van der Waals surface area contributed by atoms with Crippen molar-refractivity contribution in [1.29, 1.82) is 0 Å². The van der Waals surface area contributed by atoms with E-state index in [9.17, 15) is 13.2 Å². The average Bonchev–Trinajstić information content (AvgIpc) is 2.01. The van der Waals surface area contributed by atoms with Crippen molar-refractivity contribution in [2.75, 3.05) is 5.75 Å². The average molecular weight is 227 g/mol. The molecule has 13 heavy (non-hydrogen) atoms. The summed E-state index contributed by atoms with van der Waals surface area (Å²) in [5.41, 5.74) is 5.29. The van der Waals surface area contributed by atoms with Crippen LogP contribution in [0.25, 0.3) is 0 Å². The second kappa shape index (κ2) is 4.94. The Morgan fingerprint density at radius 2 is 2.08 bits per heavy atom. The number of rotatable bonds is 5. The van der Waals surface area contributed by atoms with Crippen molar-refractivity contribution >= 4 is 28.5 Å². The maximum Gasteiger partial charge on any atom is 0.275 e. The number of carbonyl (C=O) groups is 1. The van der Waals surface area contributed by atoms with Crippen LogP contribution in [0.2, 0.25) is 0 Å². The molecule has 5 nitrogen and oxygen atoms in total. The predicted molar refractivity (Wildman–Crippen MR) is 52.5 cm³/mol. The van der Waals surface area contributed by atoms with Gasteiger partial charge in [0.25, 0.3) is 10.1 Å². The molecule has 0 aliphatic rings. The molecule has 0 saturated heterocycles. The standard InChI is InChI=1S/C6H13NO4S2/c1-2-5(13(9,10)11)6(8)4(7)3-12/h4-5,12H,2-3,7H2,1H3,(H,9,10,11). The quantitative estimate of drug-likeness (QED) is 0.433. The van der Waals surface area contributed by atoms with E-state index >= 15 is 0 Å². The molecule has 3 N–H and O–H groups in total. The van der Waals surface area contributed by atoms with Gasteiger partial charge in [0.15, 0.2) is 5.78 Å². The van der Waals surface area contributed by atoms with E-state index in [1.807, 2.05) is 0 Å². The zero-order valence-electron chi connectivity index (χ0n) is 7.17. The molecule has 0 radical (unpaired) electrons. The zero-order chi connectivity index (χ0) is 10.6. The molecule has 0 fully saturated rings. The first kappa shape index (κ1) is 12.9. The summed E-state index contributed by atoms with van der Waals surface area (Å²) in [5, 5.41) is -1.42. The Labute approximate surface area is 82.8 Å². The number of Topliss-reactive ketones (excluding diaryl/α,β-unsaturated/α-hetero) is 1. The van der Waals surface area contributed by atoms with Gasteiger partial charge in [0, 0.05) is 5.75 Å². The lowest BCUT2D eigenvalue weighted by Gasteiger charge is -2.13. The molecular weight excluding hydrogens is 214 g/mol. The summed E-state index contributed by atoms with van der Waals surface area (Å²) in [5.74, 6) is -0.634. The summed E-state index contributed by atoms with van der Waals surface area (Å²) in [7, 11) is -4.33. The van der Waals surface area contributed by atoms with Crippen molar-refractivity contribution < 1.29 is 17.8 Å². The number of hydrogen-bond acceptors (Lipinski definition) is 5. The van der Waals surface area contributed by atoms with E-state index in [2.05, 4.69) is 12.6 Å². The first-order valence-electron chi connectivity index (χ1n) is 3.71. The van der Waals surface area contributed by atoms with E-state index in [4.69, 9.17) is 10.3 Å². The zero-order valence-corrected chi connectivity index (χ0v) is 8.88. The van der Waals surface area contributed by atoms with Crippen LogP contribution in [0.5, 0.6) is 0 Å². The molecule has 2 unspecified atom stereocenters. The third-order valence-corrected chi connectivity index (χ3v) is 3.29. The number of hydrogen-bond donors (Lipinski definition) is 3. The first-order valence-corrected chi connectivity index (χ1v) is 5.84. The molecule has 0 aliphatic carbocycles. The van der Waals surface area contributed by atoms with Crippen molar-refractivity contribution in [3.05, 3.63) is 0 Å². The first-order chi connectivity index (χ1) is 5.84. The van der Waals surface area contributed by atoms with Gasteiger partial charge < -0.3 is 5.73 Å².